The van der Waals surface area contributed by atoms with Crippen molar-refractivity contribution in [1.82, 2.24) is 0 Å². The van der Waals surface area contributed by atoms with Gasteiger partial charge in [0.1, 0.15) is 11.4 Å². The maximum absolute atomic E-state index is 13.3. The molecule has 1 aromatic rings. The van der Waals surface area contributed by atoms with Gasteiger partial charge in [-0.15, -0.1) is 0 Å². The Bertz CT molecular complexity index is 892. The number of Topliss-reactive ketones (excluding diaryl/α,β-unsaturated/α-hetero) is 1. The van der Waals surface area contributed by atoms with E-state index in [-0.39, 0.29) is 18.1 Å². The molecule has 2 fully saturated rings. The van der Waals surface area contributed by atoms with Crippen LogP contribution in [0.3, 0.4) is 0 Å². The molecule has 0 radical (unpaired) electrons. The van der Waals surface area contributed by atoms with E-state index in [9.17, 15) is 19.5 Å². The molecule has 1 N–H and O–H groups in total. The Hall–Kier alpha value is -2.51. The van der Waals surface area contributed by atoms with E-state index in [1.54, 1.807) is 38.1 Å². The number of anilines is 1. The zero-order chi connectivity index (χ0) is 19.6. The summed E-state index contributed by atoms with van der Waals surface area (Å²) in [7, 11) is 0. The molecule has 4 rings (SSSR count). The van der Waals surface area contributed by atoms with Crippen molar-refractivity contribution in [3.05, 3.63) is 35.9 Å². The second kappa shape index (κ2) is 5.74. The van der Waals surface area contributed by atoms with Crippen molar-refractivity contribution in [1.29, 1.82) is 0 Å². The average Bonchev–Trinajstić information content (AvgIpc) is 3.21. The molecule has 2 bridgehead atoms. The molecular weight excluding hydrogens is 350 g/mol. The first kappa shape index (κ1) is 17.9. The minimum absolute atomic E-state index is 0.178. The normalized spacial score (nSPS) is 33.7. The van der Waals surface area contributed by atoms with E-state index in [1.165, 1.54) is 13.0 Å². The quantitative estimate of drug-likeness (QED) is 0.479. The molecule has 0 aliphatic carbocycles. The molecule has 2 saturated heterocycles. The fourth-order valence-corrected chi connectivity index (χ4v) is 4.47. The van der Waals surface area contributed by atoms with Gasteiger partial charge in [-0.1, -0.05) is 12.2 Å². The summed E-state index contributed by atoms with van der Waals surface area (Å²) in [5.74, 6) is -2.21. The van der Waals surface area contributed by atoms with Crippen molar-refractivity contribution >= 4 is 23.3 Å². The van der Waals surface area contributed by atoms with Gasteiger partial charge in [-0.05, 0) is 39.0 Å². The van der Waals surface area contributed by atoms with Gasteiger partial charge in [-0.25, -0.2) is 4.90 Å². The molecule has 3 aliphatic rings. The molecule has 142 valence electrons. The number of hydrogen-bond acceptors (Lipinski definition) is 6. The predicted octanol–water partition coefficient (Wildman–Crippen LogP) is 1.48. The Morgan fingerprint density at radius 3 is 2.59 bits per heavy atom. The number of ether oxygens (including phenoxy) is 2. The summed E-state index contributed by atoms with van der Waals surface area (Å²) in [6.07, 6.45) is 3.42. The molecule has 27 heavy (non-hydrogen) atoms. The van der Waals surface area contributed by atoms with Crippen LogP contribution in [0.1, 0.15) is 31.1 Å². The lowest BCUT2D eigenvalue weighted by atomic mass is 9.73. The van der Waals surface area contributed by atoms with Gasteiger partial charge in [-0.2, -0.15) is 0 Å². The highest BCUT2D eigenvalue weighted by atomic mass is 16.5. The van der Waals surface area contributed by atoms with Crippen LogP contribution in [-0.2, 0) is 14.3 Å². The lowest BCUT2D eigenvalue weighted by molar-refractivity contribution is -0.131. The highest BCUT2D eigenvalue weighted by molar-refractivity contribution is 6.24. The van der Waals surface area contributed by atoms with Crippen LogP contribution >= 0.6 is 0 Å². The molecule has 3 heterocycles. The SMILES string of the molecule is CCOc1ccc(C(C)=O)cc1N1C(=O)[C@@H]2[C@H](C1=O)[C@@]1(C)C=C[C@@]2(CO)O1. The third kappa shape index (κ3) is 2.25. The maximum atomic E-state index is 13.3. The van der Waals surface area contributed by atoms with Crippen LogP contribution in [0.2, 0.25) is 0 Å². The Morgan fingerprint density at radius 2 is 1.96 bits per heavy atom. The van der Waals surface area contributed by atoms with Gasteiger partial charge in [0.15, 0.2) is 5.78 Å². The standard InChI is InChI=1S/C20H21NO6/c1-4-26-14-6-5-12(11(2)23)9-13(14)21-17(24)15-16(18(21)25)20(10-22)8-7-19(15,3)27-20/h5-9,15-16,22H,4,10H2,1-3H3/t15-,16+,19-,20+/m1/s1. The third-order valence-electron chi connectivity index (χ3n) is 5.71. The van der Waals surface area contributed by atoms with Crippen molar-refractivity contribution in [2.75, 3.05) is 18.1 Å². The minimum Gasteiger partial charge on any atom is -0.492 e. The van der Waals surface area contributed by atoms with Gasteiger partial charge in [0.25, 0.3) is 0 Å². The van der Waals surface area contributed by atoms with Gasteiger partial charge >= 0.3 is 0 Å². The lowest BCUT2D eigenvalue weighted by Crippen LogP contribution is -2.43. The summed E-state index contributed by atoms with van der Waals surface area (Å²) in [6, 6.07) is 4.71. The second-order valence-corrected chi connectivity index (χ2v) is 7.37. The Balaban J connectivity index is 1.83. The van der Waals surface area contributed by atoms with Crippen molar-refractivity contribution in [3.8, 4) is 5.75 Å². The molecule has 7 heteroatoms. The van der Waals surface area contributed by atoms with Gasteiger partial charge in [0.05, 0.1) is 36.3 Å². The van der Waals surface area contributed by atoms with Crippen molar-refractivity contribution < 1.29 is 29.0 Å². The first-order valence-electron chi connectivity index (χ1n) is 8.95. The smallest absolute Gasteiger partial charge is 0.241 e. The van der Waals surface area contributed by atoms with Crippen LogP contribution in [0.25, 0.3) is 0 Å². The van der Waals surface area contributed by atoms with Crippen LogP contribution in [0.5, 0.6) is 5.75 Å². The van der Waals surface area contributed by atoms with Crippen LogP contribution in [-0.4, -0.2) is 47.1 Å². The predicted molar refractivity (Wildman–Crippen MR) is 95.5 cm³/mol. The topological polar surface area (TPSA) is 93.1 Å². The van der Waals surface area contributed by atoms with E-state index in [1.807, 2.05) is 0 Å². The van der Waals surface area contributed by atoms with Crippen molar-refractivity contribution in [2.45, 2.75) is 32.0 Å². The lowest BCUT2D eigenvalue weighted by Gasteiger charge is -2.27. The number of aliphatic hydroxyl groups excluding tert-OH is 1. The number of benzene rings is 1. The van der Waals surface area contributed by atoms with Gasteiger partial charge in [-0.3, -0.25) is 14.4 Å². The molecule has 0 aromatic heterocycles. The molecule has 3 aliphatic heterocycles. The summed E-state index contributed by atoms with van der Waals surface area (Å²) >= 11 is 0. The fourth-order valence-electron chi connectivity index (χ4n) is 4.47. The monoisotopic (exact) mass is 371 g/mol. The number of rotatable bonds is 5. The van der Waals surface area contributed by atoms with Crippen molar-refractivity contribution in [3.63, 3.8) is 0 Å². The highest BCUT2D eigenvalue weighted by Gasteiger charge is 2.72. The van der Waals surface area contributed by atoms with Gasteiger partial charge in [0, 0.05) is 5.56 Å². The first-order valence-corrected chi connectivity index (χ1v) is 8.95. The molecule has 2 amide bonds. The largest absolute Gasteiger partial charge is 0.492 e. The van der Waals surface area contributed by atoms with E-state index >= 15 is 0 Å². The van der Waals surface area contributed by atoms with E-state index in [0.717, 1.165) is 4.90 Å². The Kier molecular flexibility index (Phi) is 3.80. The number of hydrogen-bond donors (Lipinski definition) is 1. The summed E-state index contributed by atoms with van der Waals surface area (Å²) in [6.45, 7) is 4.92. The molecule has 0 unspecified atom stereocenters. The summed E-state index contributed by atoms with van der Waals surface area (Å²) < 4.78 is 11.5. The summed E-state index contributed by atoms with van der Waals surface area (Å²) in [5.41, 5.74) is -1.50. The van der Waals surface area contributed by atoms with E-state index in [2.05, 4.69) is 0 Å². The molecule has 0 spiro atoms. The van der Waals surface area contributed by atoms with Crippen molar-refractivity contribution in [2.24, 2.45) is 11.8 Å². The molecule has 7 nitrogen and oxygen atoms in total. The molecular formula is C20H21NO6. The Morgan fingerprint density at radius 1 is 1.26 bits per heavy atom. The zero-order valence-electron chi connectivity index (χ0n) is 15.4. The van der Waals surface area contributed by atoms with Crippen LogP contribution in [0, 0.1) is 11.8 Å². The molecule has 1 aromatic carbocycles. The average molecular weight is 371 g/mol. The number of carbonyl (C=O) groups is 3. The fraction of sp³-hybridized carbons (Fsp3) is 0.450. The number of fused-ring (bicyclic) bond motifs is 5. The minimum atomic E-state index is -1.19. The first-order chi connectivity index (χ1) is 12.8. The maximum Gasteiger partial charge on any atom is 0.241 e. The number of aliphatic hydroxyl groups is 1. The number of nitrogens with zero attached hydrogens (tertiary/aromatic N) is 1. The van der Waals surface area contributed by atoms with Gasteiger partial charge in [0.2, 0.25) is 11.8 Å². The van der Waals surface area contributed by atoms with E-state index in [0.29, 0.717) is 17.9 Å². The van der Waals surface area contributed by atoms with Crippen LogP contribution in [0.15, 0.2) is 30.4 Å². The van der Waals surface area contributed by atoms with E-state index < -0.39 is 34.9 Å². The summed E-state index contributed by atoms with van der Waals surface area (Å²) in [4.78, 5) is 39.4. The van der Waals surface area contributed by atoms with Gasteiger partial charge < -0.3 is 14.6 Å². The number of ketones is 1. The number of amides is 2. The number of carbonyl (C=O) groups excluding carboxylic acids is 3. The Labute approximate surface area is 156 Å². The molecule has 4 atom stereocenters. The van der Waals surface area contributed by atoms with Crippen LogP contribution < -0.4 is 9.64 Å². The second-order valence-electron chi connectivity index (χ2n) is 7.37. The van der Waals surface area contributed by atoms with E-state index in [4.69, 9.17) is 9.47 Å². The highest BCUT2D eigenvalue weighted by Crippen LogP contribution is 2.58. The van der Waals surface area contributed by atoms with Crippen LogP contribution in [0.4, 0.5) is 5.69 Å². The number of imide groups is 1. The molecule has 0 saturated carbocycles. The third-order valence-corrected chi connectivity index (χ3v) is 5.71. The summed E-state index contributed by atoms with van der Waals surface area (Å²) in [5, 5.41) is 9.89. The zero-order valence-corrected chi connectivity index (χ0v) is 15.4.